The lowest BCUT2D eigenvalue weighted by atomic mass is 10.0. The summed E-state index contributed by atoms with van der Waals surface area (Å²) in [6, 6.07) is 8.54. The molecule has 1 saturated heterocycles. The van der Waals surface area contributed by atoms with Gasteiger partial charge in [-0.1, -0.05) is 18.2 Å². The smallest absolute Gasteiger partial charge is 0.243 e. The third kappa shape index (κ3) is 6.34. The Morgan fingerprint density at radius 2 is 2.00 bits per heavy atom. The highest BCUT2D eigenvalue weighted by Gasteiger charge is 2.24. The summed E-state index contributed by atoms with van der Waals surface area (Å²) < 4.78 is 11.0. The van der Waals surface area contributed by atoms with E-state index in [9.17, 15) is 4.79 Å². The minimum atomic E-state index is -0.0159. The van der Waals surface area contributed by atoms with E-state index >= 15 is 0 Å². The number of fused-ring (bicyclic) bond motifs is 1. The van der Waals surface area contributed by atoms with Crippen LogP contribution in [0.5, 0.6) is 5.75 Å². The molecule has 30 heavy (non-hydrogen) atoms. The molecule has 2 aliphatic rings. The van der Waals surface area contributed by atoms with Gasteiger partial charge in [-0.3, -0.25) is 4.79 Å². The molecule has 0 bridgehead atoms. The fourth-order valence-corrected chi connectivity index (χ4v) is 3.79. The van der Waals surface area contributed by atoms with E-state index in [-0.39, 0.29) is 18.5 Å². The van der Waals surface area contributed by atoms with Gasteiger partial charge in [-0.25, -0.2) is 4.99 Å². The van der Waals surface area contributed by atoms with Gasteiger partial charge in [0.2, 0.25) is 5.91 Å². The fraction of sp³-hybridized carbons (Fsp3) is 0.636. The first-order valence-electron chi connectivity index (χ1n) is 10.8. The summed E-state index contributed by atoms with van der Waals surface area (Å²) in [4.78, 5) is 20.7. The highest BCUT2D eigenvalue weighted by molar-refractivity contribution is 5.85. The number of likely N-dealkylation sites (N-methyl/N-ethyl adjacent to an activating group) is 1. The molecule has 1 unspecified atom stereocenters. The second kappa shape index (κ2) is 11.2. The van der Waals surface area contributed by atoms with Gasteiger partial charge in [0, 0.05) is 58.9 Å². The van der Waals surface area contributed by atoms with E-state index in [1.807, 2.05) is 18.2 Å². The molecule has 0 saturated carbocycles. The molecule has 8 heteroatoms. The Hall–Kier alpha value is -2.32. The number of nitrogens with zero attached hydrogens (tertiary/aromatic N) is 3. The van der Waals surface area contributed by atoms with Gasteiger partial charge >= 0.3 is 0 Å². The van der Waals surface area contributed by atoms with Gasteiger partial charge in [0.1, 0.15) is 12.3 Å². The van der Waals surface area contributed by atoms with Crippen LogP contribution in [-0.2, 0) is 9.53 Å². The predicted molar refractivity (Wildman–Crippen MR) is 118 cm³/mol. The van der Waals surface area contributed by atoms with Crippen LogP contribution >= 0.6 is 0 Å². The SMILES string of the molecule is COCCN1CCC(NC(=NCC(=O)N(C)C)NC2CCOc3ccccc32)CC1. The van der Waals surface area contributed by atoms with E-state index < -0.39 is 0 Å². The number of hydrogen-bond donors (Lipinski definition) is 2. The highest BCUT2D eigenvalue weighted by atomic mass is 16.5. The maximum Gasteiger partial charge on any atom is 0.243 e. The maximum absolute atomic E-state index is 12.1. The minimum Gasteiger partial charge on any atom is -0.493 e. The van der Waals surface area contributed by atoms with Crippen LogP contribution in [0, 0.1) is 0 Å². The lowest BCUT2D eigenvalue weighted by molar-refractivity contribution is -0.127. The molecule has 2 N–H and O–H groups in total. The molecule has 166 valence electrons. The number of hydrogen-bond acceptors (Lipinski definition) is 5. The number of carbonyl (C=O) groups excluding carboxylic acids is 1. The predicted octanol–water partition coefficient (Wildman–Crippen LogP) is 1.24. The first-order chi connectivity index (χ1) is 14.6. The van der Waals surface area contributed by atoms with Crippen LogP contribution in [0.4, 0.5) is 0 Å². The molecule has 2 aliphatic heterocycles. The number of aliphatic imine (C=N–C) groups is 1. The summed E-state index contributed by atoms with van der Waals surface area (Å²) in [6.07, 6.45) is 2.93. The molecule has 1 aromatic carbocycles. The van der Waals surface area contributed by atoms with Crippen LogP contribution in [0.1, 0.15) is 30.9 Å². The van der Waals surface area contributed by atoms with Crippen LogP contribution in [0.25, 0.3) is 0 Å². The number of rotatable bonds is 7. The molecule has 8 nitrogen and oxygen atoms in total. The topological polar surface area (TPSA) is 78.4 Å². The number of carbonyl (C=O) groups is 1. The number of amides is 1. The van der Waals surface area contributed by atoms with Crippen molar-refractivity contribution in [2.24, 2.45) is 4.99 Å². The molecule has 1 amide bonds. The molecule has 0 spiro atoms. The number of benzene rings is 1. The van der Waals surface area contributed by atoms with Crippen LogP contribution in [0.3, 0.4) is 0 Å². The average molecular weight is 418 g/mol. The molecular formula is C22H35N5O3. The van der Waals surface area contributed by atoms with Crippen molar-refractivity contribution in [3.05, 3.63) is 29.8 Å². The number of para-hydroxylation sites is 1. The van der Waals surface area contributed by atoms with E-state index in [1.165, 1.54) is 0 Å². The normalized spacial score (nSPS) is 20.2. The Bertz CT molecular complexity index is 716. The number of ether oxygens (including phenoxy) is 2. The van der Waals surface area contributed by atoms with Crippen molar-refractivity contribution in [2.45, 2.75) is 31.3 Å². The summed E-state index contributed by atoms with van der Waals surface area (Å²) in [5, 5.41) is 7.13. The molecular weight excluding hydrogens is 382 g/mol. The van der Waals surface area contributed by atoms with Crippen molar-refractivity contribution >= 4 is 11.9 Å². The zero-order valence-corrected chi connectivity index (χ0v) is 18.4. The maximum atomic E-state index is 12.1. The Morgan fingerprint density at radius 3 is 2.73 bits per heavy atom. The van der Waals surface area contributed by atoms with Gasteiger partial charge in [0.25, 0.3) is 0 Å². The molecule has 3 rings (SSSR count). The van der Waals surface area contributed by atoms with Crippen molar-refractivity contribution < 1.29 is 14.3 Å². The highest BCUT2D eigenvalue weighted by Crippen LogP contribution is 2.31. The summed E-state index contributed by atoms with van der Waals surface area (Å²) >= 11 is 0. The van der Waals surface area contributed by atoms with Gasteiger partial charge in [-0.2, -0.15) is 0 Å². The van der Waals surface area contributed by atoms with Gasteiger partial charge in [0.05, 0.1) is 19.3 Å². The van der Waals surface area contributed by atoms with E-state index in [1.54, 1.807) is 26.1 Å². The minimum absolute atomic E-state index is 0.0159. The monoisotopic (exact) mass is 417 g/mol. The average Bonchev–Trinajstić information content (AvgIpc) is 2.77. The van der Waals surface area contributed by atoms with Crippen LogP contribution < -0.4 is 15.4 Å². The van der Waals surface area contributed by atoms with Crippen molar-refractivity contribution in [3.8, 4) is 5.75 Å². The van der Waals surface area contributed by atoms with Gasteiger partial charge in [0.15, 0.2) is 5.96 Å². The Kier molecular flexibility index (Phi) is 8.33. The summed E-state index contributed by atoms with van der Waals surface area (Å²) in [5.74, 6) is 1.59. The van der Waals surface area contributed by atoms with Gasteiger partial charge in [-0.05, 0) is 18.9 Å². The zero-order valence-electron chi connectivity index (χ0n) is 18.4. The van der Waals surface area contributed by atoms with Gasteiger partial charge in [-0.15, -0.1) is 0 Å². The summed E-state index contributed by atoms with van der Waals surface area (Å²) in [6.45, 7) is 4.59. The first kappa shape index (κ1) is 22.4. The van der Waals surface area contributed by atoms with E-state index in [0.717, 1.165) is 56.8 Å². The Balaban J connectivity index is 1.64. The van der Waals surface area contributed by atoms with Crippen molar-refractivity contribution in [1.82, 2.24) is 20.4 Å². The van der Waals surface area contributed by atoms with Crippen LogP contribution in [-0.4, -0.2) is 88.3 Å². The summed E-state index contributed by atoms with van der Waals surface area (Å²) in [5.41, 5.74) is 1.13. The Morgan fingerprint density at radius 1 is 1.23 bits per heavy atom. The lowest BCUT2D eigenvalue weighted by Gasteiger charge is -2.34. The molecule has 1 atom stereocenters. The molecule has 0 radical (unpaired) electrons. The quantitative estimate of drug-likeness (QED) is 0.514. The number of piperidine rings is 1. The van der Waals surface area contributed by atoms with E-state index in [2.05, 4.69) is 26.6 Å². The second-order valence-corrected chi connectivity index (χ2v) is 8.08. The number of methoxy groups -OCH3 is 1. The molecule has 2 heterocycles. The van der Waals surface area contributed by atoms with Crippen molar-refractivity contribution in [1.29, 1.82) is 0 Å². The summed E-state index contributed by atoms with van der Waals surface area (Å²) in [7, 11) is 5.25. The third-order valence-corrected chi connectivity index (χ3v) is 5.68. The van der Waals surface area contributed by atoms with Crippen molar-refractivity contribution in [3.63, 3.8) is 0 Å². The van der Waals surface area contributed by atoms with E-state index in [4.69, 9.17) is 9.47 Å². The molecule has 1 aromatic rings. The zero-order chi connectivity index (χ0) is 21.3. The number of nitrogens with one attached hydrogen (secondary N) is 2. The molecule has 0 aromatic heterocycles. The van der Waals surface area contributed by atoms with E-state index in [0.29, 0.717) is 18.6 Å². The largest absolute Gasteiger partial charge is 0.493 e. The van der Waals surface area contributed by atoms with Crippen LogP contribution in [0.2, 0.25) is 0 Å². The molecule has 0 aliphatic carbocycles. The van der Waals surface area contributed by atoms with Crippen LogP contribution in [0.15, 0.2) is 29.3 Å². The fourth-order valence-electron chi connectivity index (χ4n) is 3.79. The van der Waals surface area contributed by atoms with Gasteiger partial charge < -0.3 is 29.9 Å². The number of likely N-dealkylation sites (tertiary alicyclic amines) is 1. The third-order valence-electron chi connectivity index (χ3n) is 5.68. The lowest BCUT2D eigenvalue weighted by Crippen LogP contribution is -2.50. The number of guanidine groups is 1. The van der Waals surface area contributed by atoms with Crippen molar-refractivity contribution in [2.75, 3.05) is 60.6 Å². The Labute approximate surface area is 179 Å². The molecule has 1 fully saturated rings. The first-order valence-corrected chi connectivity index (χ1v) is 10.8. The second-order valence-electron chi connectivity index (χ2n) is 8.08. The standard InChI is InChI=1S/C22H35N5O3/c1-26(2)21(28)16-23-22(24-17-8-11-27(12-9-17)13-15-29-3)25-19-10-14-30-20-7-5-4-6-18(19)20/h4-7,17,19H,8-16H2,1-3H3,(H2,23,24,25).